The van der Waals surface area contributed by atoms with Crippen molar-refractivity contribution in [2.45, 2.75) is 19.4 Å². The molecule has 144 valence electrons. The van der Waals surface area contributed by atoms with Crippen molar-refractivity contribution < 1.29 is 33.4 Å². The van der Waals surface area contributed by atoms with Gasteiger partial charge in [-0.15, -0.1) is 0 Å². The Labute approximate surface area is 154 Å². The minimum Gasteiger partial charge on any atom is -0.465 e. The molecule has 0 spiro atoms. The second kappa shape index (κ2) is 7.85. The Morgan fingerprint density at radius 3 is 2.44 bits per heavy atom. The van der Waals surface area contributed by atoms with Crippen molar-refractivity contribution in [2.75, 3.05) is 25.6 Å². The molecular weight excluding hydrogens is 358 g/mol. The van der Waals surface area contributed by atoms with Crippen LogP contribution in [0.4, 0.5) is 10.5 Å². The molecule has 4 amide bonds. The molecule has 1 heterocycles. The van der Waals surface area contributed by atoms with E-state index in [1.807, 2.05) is 0 Å². The van der Waals surface area contributed by atoms with E-state index in [4.69, 9.17) is 4.74 Å². The summed E-state index contributed by atoms with van der Waals surface area (Å²) in [6, 6.07) is 5.45. The first-order valence-electron chi connectivity index (χ1n) is 7.92. The molecule has 10 nitrogen and oxygen atoms in total. The fourth-order valence-electron chi connectivity index (χ4n) is 2.35. The van der Waals surface area contributed by atoms with E-state index in [1.54, 1.807) is 12.1 Å². The van der Waals surface area contributed by atoms with Gasteiger partial charge in [-0.2, -0.15) is 0 Å². The van der Waals surface area contributed by atoms with Crippen LogP contribution in [0.25, 0.3) is 0 Å². The maximum Gasteiger partial charge on any atom is 0.339 e. The van der Waals surface area contributed by atoms with Gasteiger partial charge in [0, 0.05) is 0 Å². The van der Waals surface area contributed by atoms with Crippen LogP contribution < -0.4 is 10.6 Å². The third-order valence-electron chi connectivity index (χ3n) is 3.70. The summed E-state index contributed by atoms with van der Waals surface area (Å²) in [5.41, 5.74) is -0.769. The monoisotopic (exact) mass is 377 g/mol. The third-order valence-corrected chi connectivity index (χ3v) is 3.70. The van der Waals surface area contributed by atoms with Crippen LogP contribution in [-0.2, 0) is 23.9 Å². The highest BCUT2D eigenvalue weighted by molar-refractivity contribution is 6.08. The zero-order valence-corrected chi connectivity index (χ0v) is 15.0. The maximum atomic E-state index is 12.0. The summed E-state index contributed by atoms with van der Waals surface area (Å²) in [7, 11) is 1.21. The summed E-state index contributed by atoms with van der Waals surface area (Å²) in [5, 5.41) is 4.85. The van der Waals surface area contributed by atoms with Crippen molar-refractivity contribution in [3.05, 3.63) is 29.8 Å². The van der Waals surface area contributed by atoms with E-state index in [0.717, 1.165) is 0 Å². The number of carbonyl (C=O) groups excluding carboxylic acids is 5. The number of nitrogens with one attached hydrogen (secondary N) is 2. The number of carbonyl (C=O) groups is 5. The Bertz CT molecular complexity index is 803. The minimum absolute atomic E-state index is 0.140. The van der Waals surface area contributed by atoms with Gasteiger partial charge < -0.3 is 20.1 Å². The van der Waals surface area contributed by atoms with Crippen LogP contribution in [0, 0.1) is 0 Å². The summed E-state index contributed by atoms with van der Waals surface area (Å²) in [6.07, 6.45) is 0. The predicted octanol–water partition coefficient (Wildman–Crippen LogP) is 0.285. The molecule has 2 rings (SSSR count). The molecule has 0 aliphatic carbocycles. The summed E-state index contributed by atoms with van der Waals surface area (Å²) in [4.78, 5) is 59.9. The van der Waals surface area contributed by atoms with Gasteiger partial charge in [0.05, 0.1) is 18.4 Å². The number of para-hydroxylation sites is 1. The Hall–Kier alpha value is -3.43. The van der Waals surface area contributed by atoms with Gasteiger partial charge in [0.2, 0.25) is 0 Å². The van der Waals surface area contributed by atoms with E-state index in [2.05, 4.69) is 15.4 Å². The molecule has 0 aromatic heterocycles. The normalized spacial score (nSPS) is 15.1. The van der Waals surface area contributed by atoms with Gasteiger partial charge in [-0.25, -0.2) is 9.59 Å². The van der Waals surface area contributed by atoms with Crippen molar-refractivity contribution in [1.82, 2.24) is 10.2 Å². The standard InChI is InChI=1S/C17H19N3O7/c1-17(2)15(24)20(16(25)19-17)8-13(22)27-9-12(21)18-11-7-5-4-6-10(11)14(23)26-3/h4-7H,8-9H2,1-3H3,(H,18,21)(H,19,25). The zero-order chi connectivity index (χ0) is 20.2. The number of imide groups is 1. The predicted molar refractivity (Wildman–Crippen MR) is 91.7 cm³/mol. The quantitative estimate of drug-likeness (QED) is 0.538. The Morgan fingerprint density at radius 1 is 1.19 bits per heavy atom. The second-order valence-electron chi connectivity index (χ2n) is 6.19. The van der Waals surface area contributed by atoms with Crippen LogP contribution in [0.1, 0.15) is 24.2 Å². The highest BCUT2D eigenvalue weighted by atomic mass is 16.5. The number of esters is 2. The summed E-state index contributed by atoms with van der Waals surface area (Å²) >= 11 is 0. The van der Waals surface area contributed by atoms with E-state index in [9.17, 15) is 24.0 Å². The summed E-state index contributed by atoms with van der Waals surface area (Å²) < 4.78 is 9.41. The number of hydrogen-bond acceptors (Lipinski definition) is 7. The number of nitrogens with zero attached hydrogens (tertiary/aromatic N) is 1. The summed E-state index contributed by atoms with van der Waals surface area (Å²) in [5.74, 6) is -2.82. The number of benzene rings is 1. The topological polar surface area (TPSA) is 131 Å². The van der Waals surface area contributed by atoms with Crippen LogP contribution in [0.15, 0.2) is 24.3 Å². The minimum atomic E-state index is -1.10. The number of ether oxygens (including phenoxy) is 2. The van der Waals surface area contributed by atoms with Gasteiger partial charge in [-0.3, -0.25) is 19.3 Å². The van der Waals surface area contributed by atoms with Crippen molar-refractivity contribution in [3.8, 4) is 0 Å². The molecule has 1 saturated heterocycles. The molecule has 1 aliphatic rings. The van der Waals surface area contributed by atoms with E-state index in [1.165, 1.54) is 33.1 Å². The number of methoxy groups -OCH3 is 1. The number of rotatable bonds is 6. The van der Waals surface area contributed by atoms with Gasteiger partial charge in [-0.05, 0) is 26.0 Å². The molecule has 1 aromatic carbocycles. The van der Waals surface area contributed by atoms with Crippen LogP contribution >= 0.6 is 0 Å². The molecule has 0 radical (unpaired) electrons. The number of amides is 4. The number of hydrogen-bond donors (Lipinski definition) is 2. The van der Waals surface area contributed by atoms with E-state index in [0.29, 0.717) is 4.90 Å². The van der Waals surface area contributed by atoms with Crippen molar-refractivity contribution >= 4 is 35.5 Å². The molecule has 1 aliphatic heterocycles. The largest absolute Gasteiger partial charge is 0.465 e. The van der Waals surface area contributed by atoms with Crippen LogP contribution in [-0.4, -0.2) is 60.5 Å². The number of urea groups is 1. The lowest BCUT2D eigenvalue weighted by atomic mass is 10.1. The van der Waals surface area contributed by atoms with Gasteiger partial charge >= 0.3 is 18.0 Å². The highest BCUT2D eigenvalue weighted by Crippen LogP contribution is 2.17. The summed E-state index contributed by atoms with van der Waals surface area (Å²) in [6.45, 7) is 1.75. The highest BCUT2D eigenvalue weighted by Gasteiger charge is 2.45. The number of anilines is 1. The van der Waals surface area contributed by atoms with E-state index >= 15 is 0 Å². The molecule has 1 fully saturated rings. The van der Waals surface area contributed by atoms with Crippen LogP contribution in [0.2, 0.25) is 0 Å². The zero-order valence-electron chi connectivity index (χ0n) is 15.0. The van der Waals surface area contributed by atoms with Crippen molar-refractivity contribution in [3.63, 3.8) is 0 Å². The molecule has 0 bridgehead atoms. The maximum absolute atomic E-state index is 12.0. The SMILES string of the molecule is COC(=O)c1ccccc1NC(=O)COC(=O)CN1C(=O)NC(C)(C)C1=O. The Balaban J connectivity index is 1.89. The first kappa shape index (κ1) is 19.9. The molecule has 0 saturated carbocycles. The van der Waals surface area contributed by atoms with Gasteiger partial charge in [0.1, 0.15) is 12.1 Å². The molecule has 27 heavy (non-hydrogen) atoms. The molecule has 0 atom stereocenters. The van der Waals surface area contributed by atoms with Gasteiger partial charge in [0.25, 0.3) is 11.8 Å². The Kier molecular flexibility index (Phi) is 5.78. The van der Waals surface area contributed by atoms with Crippen molar-refractivity contribution in [1.29, 1.82) is 0 Å². The lowest BCUT2D eigenvalue weighted by Crippen LogP contribution is -2.41. The lowest BCUT2D eigenvalue weighted by Gasteiger charge is -2.15. The van der Waals surface area contributed by atoms with Gasteiger partial charge in [0.15, 0.2) is 6.61 Å². The van der Waals surface area contributed by atoms with E-state index < -0.39 is 48.5 Å². The molecule has 10 heteroatoms. The fraction of sp³-hybridized carbons (Fsp3) is 0.353. The smallest absolute Gasteiger partial charge is 0.339 e. The van der Waals surface area contributed by atoms with E-state index in [-0.39, 0.29) is 11.3 Å². The first-order valence-corrected chi connectivity index (χ1v) is 7.92. The molecule has 0 unspecified atom stereocenters. The van der Waals surface area contributed by atoms with Crippen LogP contribution in [0.5, 0.6) is 0 Å². The average Bonchev–Trinajstić information content (AvgIpc) is 2.81. The lowest BCUT2D eigenvalue weighted by molar-refractivity contribution is -0.150. The molecular formula is C17H19N3O7. The third kappa shape index (κ3) is 4.60. The van der Waals surface area contributed by atoms with Crippen LogP contribution in [0.3, 0.4) is 0 Å². The van der Waals surface area contributed by atoms with Gasteiger partial charge in [-0.1, -0.05) is 12.1 Å². The first-order chi connectivity index (χ1) is 12.7. The average molecular weight is 377 g/mol. The van der Waals surface area contributed by atoms with Crippen molar-refractivity contribution in [2.24, 2.45) is 0 Å². The second-order valence-corrected chi connectivity index (χ2v) is 6.19. The fourth-order valence-corrected chi connectivity index (χ4v) is 2.35. The Morgan fingerprint density at radius 2 is 1.85 bits per heavy atom. The molecule has 2 N–H and O–H groups in total. The molecule has 1 aromatic rings.